The van der Waals surface area contributed by atoms with Crippen molar-refractivity contribution in [1.82, 2.24) is 4.90 Å². The van der Waals surface area contributed by atoms with Crippen LogP contribution in [0.1, 0.15) is 38.5 Å². The summed E-state index contributed by atoms with van der Waals surface area (Å²) in [4.78, 5) is 13.8. The highest BCUT2D eigenvalue weighted by Crippen LogP contribution is 2.22. The summed E-state index contributed by atoms with van der Waals surface area (Å²) in [7, 11) is 1.94. The highest BCUT2D eigenvalue weighted by molar-refractivity contribution is 7.99. The first-order valence-corrected chi connectivity index (χ1v) is 7.35. The Morgan fingerprint density at radius 1 is 1.38 bits per heavy atom. The molecule has 0 aromatic carbocycles. The summed E-state index contributed by atoms with van der Waals surface area (Å²) < 4.78 is 0. The molecule has 0 radical (unpaired) electrons. The van der Waals surface area contributed by atoms with Gasteiger partial charge in [-0.2, -0.15) is 11.8 Å². The van der Waals surface area contributed by atoms with Crippen LogP contribution in [-0.4, -0.2) is 47.1 Å². The molecule has 1 amide bonds. The van der Waals surface area contributed by atoms with E-state index in [-0.39, 0.29) is 12.5 Å². The lowest BCUT2D eigenvalue weighted by Gasteiger charge is -2.31. The van der Waals surface area contributed by atoms with Crippen LogP contribution in [0.3, 0.4) is 0 Å². The summed E-state index contributed by atoms with van der Waals surface area (Å²) in [5.74, 6) is 1.68. The summed E-state index contributed by atoms with van der Waals surface area (Å²) in [5.41, 5.74) is 0. The van der Waals surface area contributed by atoms with E-state index in [9.17, 15) is 4.79 Å². The minimum absolute atomic E-state index is 0.222. The second-order valence-electron chi connectivity index (χ2n) is 4.43. The Balaban J connectivity index is 2.18. The van der Waals surface area contributed by atoms with Crippen LogP contribution >= 0.6 is 11.8 Å². The van der Waals surface area contributed by atoms with Crippen LogP contribution < -0.4 is 0 Å². The molecule has 0 atom stereocenters. The van der Waals surface area contributed by atoms with Gasteiger partial charge in [0.1, 0.15) is 0 Å². The Morgan fingerprint density at radius 3 is 2.69 bits per heavy atom. The molecule has 0 unspecified atom stereocenters. The topological polar surface area (TPSA) is 40.5 Å². The number of carbonyl (C=O) groups excluding carboxylic acids is 1. The molecule has 1 fully saturated rings. The number of aliphatic hydroxyl groups is 1. The van der Waals surface area contributed by atoms with Crippen molar-refractivity contribution in [3.8, 4) is 0 Å². The zero-order chi connectivity index (χ0) is 11.8. The predicted molar refractivity (Wildman–Crippen MR) is 68.7 cm³/mol. The zero-order valence-corrected chi connectivity index (χ0v) is 11.0. The first-order valence-electron chi connectivity index (χ1n) is 6.20. The van der Waals surface area contributed by atoms with Gasteiger partial charge in [-0.1, -0.05) is 19.3 Å². The minimum Gasteiger partial charge on any atom is -0.396 e. The summed E-state index contributed by atoms with van der Waals surface area (Å²) in [6, 6.07) is 0.472. The van der Waals surface area contributed by atoms with Gasteiger partial charge < -0.3 is 10.0 Å². The molecule has 0 heterocycles. The average Bonchev–Trinajstić information content (AvgIpc) is 2.34. The van der Waals surface area contributed by atoms with Crippen molar-refractivity contribution < 1.29 is 9.90 Å². The van der Waals surface area contributed by atoms with Gasteiger partial charge >= 0.3 is 0 Å². The normalized spacial score (nSPS) is 17.4. The molecule has 0 bridgehead atoms. The molecule has 0 aromatic rings. The fraction of sp³-hybridized carbons (Fsp3) is 0.917. The van der Waals surface area contributed by atoms with Crippen molar-refractivity contribution in [2.75, 3.05) is 25.2 Å². The minimum atomic E-state index is 0.222. The number of rotatable bonds is 6. The van der Waals surface area contributed by atoms with E-state index in [4.69, 9.17) is 5.11 Å². The molecule has 1 saturated carbocycles. The molecule has 0 saturated heterocycles. The molecule has 94 valence electrons. The molecule has 4 heteroatoms. The third kappa shape index (κ3) is 4.74. The zero-order valence-electron chi connectivity index (χ0n) is 10.2. The molecule has 3 nitrogen and oxygen atoms in total. The van der Waals surface area contributed by atoms with Crippen molar-refractivity contribution in [1.29, 1.82) is 0 Å². The highest BCUT2D eigenvalue weighted by Gasteiger charge is 2.21. The molecule has 1 N–H and O–H groups in total. The largest absolute Gasteiger partial charge is 0.396 e. The highest BCUT2D eigenvalue weighted by atomic mass is 32.2. The summed E-state index contributed by atoms with van der Waals surface area (Å²) in [6.45, 7) is 0.222. The van der Waals surface area contributed by atoms with Crippen LogP contribution in [0.2, 0.25) is 0 Å². The molecule has 1 aliphatic carbocycles. The SMILES string of the molecule is CN(C(=O)CSCCCO)C1CCCCC1. The first kappa shape index (κ1) is 13.8. The average molecular weight is 245 g/mol. The van der Waals surface area contributed by atoms with Gasteiger partial charge in [0.15, 0.2) is 0 Å². The monoisotopic (exact) mass is 245 g/mol. The lowest BCUT2D eigenvalue weighted by atomic mass is 9.94. The Labute approximate surface area is 103 Å². The number of amides is 1. The Bertz CT molecular complexity index is 205. The molecule has 0 spiro atoms. The molecule has 16 heavy (non-hydrogen) atoms. The van der Waals surface area contributed by atoms with Gasteiger partial charge in [-0.05, 0) is 25.0 Å². The van der Waals surface area contributed by atoms with E-state index in [1.165, 1.54) is 32.1 Å². The summed E-state index contributed by atoms with van der Waals surface area (Å²) in [6.07, 6.45) is 6.97. The van der Waals surface area contributed by atoms with E-state index in [1.54, 1.807) is 11.8 Å². The Kier molecular flexibility index (Phi) is 6.88. The van der Waals surface area contributed by atoms with Crippen molar-refractivity contribution in [2.45, 2.75) is 44.6 Å². The second-order valence-corrected chi connectivity index (χ2v) is 5.53. The number of carbonyl (C=O) groups is 1. The number of aliphatic hydroxyl groups excluding tert-OH is 1. The Hall–Kier alpha value is -0.220. The standard InChI is InChI=1S/C12H23NO2S/c1-13(11-6-3-2-4-7-11)12(15)10-16-9-5-8-14/h11,14H,2-10H2,1H3. The number of hydrogen-bond acceptors (Lipinski definition) is 3. The molecule has 0 aliphatic heterocycles. The second kappa shape index (κ2) is 7.96. The van der Waals surface area contributed by atoms with Gasteiger partial charge in [-0.3, -0.25) is 4.79 Å². The van der Waals surface area contributed by atoms with E-state index in [0.29, 0.717) is 11.8 Å². The van der Waals surface area contributed by atoms with Crippen LogP contribution in [0.15, 0.2) is 0 Å². The quantitative estimate of drug-likeness (QED) is 0.727. The molecule has 1 rings (SSSR count). The van der Waals surface area contributed by atoms with Gasteiger partial charge in [0, 0.05) is 19.7 Å². The smallest absolute Gasteiger partial charge is 0.232 e. The van der Waals surface area contributed by atoms with E-state index in [1.807, 2.05) is 11.9 Å². The lowest BCUT2D eigenvalue weighted by Crippen LogP contribution is -2.39. The number of nitrogens with zero attached hydrogens (tertiary/aromatic N) is 1. The van der Waals surface area contributed by atoms with Gasteiger partial charge in [0.05, 0.1) is 5.75 Å². The number of hydrogen-bond donors (Lipinski definition) is 1. The van der Waals surface area contributed by atoms with E-state index in [2.05, 4.69) is 0 Å². The van der Waals surface area contributed by atoms with Crippen LogP contribution in [0.25, 0.3) is 0 Å². The maximum atomic E-state index is 11.8. The van der Waals surface area contributed by atoms with Crippen LogP contribution in [0, 0.1) is 0 Å². The molecule has 1 aliphatic rings. The lowest BCUT2D eigenvalue weighted by molar-refractivity contribution is -0.129. The number of thioether (sulfide) groups is 1. The maximum absolute atomic E-state index is 11.8. The van der Waals surface area contributed by atoms with Crippen molar-refractivity contribution >= 4 is 17.7 Å². The van der Waals surface area contributed by atoms with Gasteiger partial charge in [0.2, 0.25) is 5.91 Å². The summed E-state index contributed by atoms with van der Waals surface area (Å²) in [5, 5.41) is 8.64. The molecular weight excluding hydrogens is 222 g/mol. The van der Waals surface area contributed by atoms with Crippen LogP contribution in [0.5, 0.6) is 0 Å². The predicted octanol–water partition coefficient (Wildman–Crippen LogP) is 1.89. The fourth-order valence-electron chi connectivity index (χ4n) is 2.10. The Morgan fingerprint density at radius 2 is 2.06 bits per heavy atom. The van der Waals surface area contributed by atoms with Gasteiger partial charge in [-0.15, -0.1) is 0 Å². The van der Waals surface area contributed by atoms with E-state index in [0.717, 1.165) is 12.2 Å². The van der Waals surface area contributed by atoms with Crippen molar-refractivity contribution in [3.63, 3.8) is 0 Å². The van der Waals surface area contributed by atoms with Crippen LogP contribution in [-0.2, 0) is 4.79 Å². The van der Waals surface area contributed by atoms with Crippen LogP contribution in [0.4, 0.5) is 0 Å². The third-order valence-corrected chi connectivity index (χ3v) is 4.22. The maximum Gasteiger partial charge on any atom is 0.232 e. The third-order valence-electron chi connectivity index (χ3n) is 3.19. The van der Waals surface area contributed by atoms with Gasteiger partial charge in [0.25, 0.3) is 0 Å². The molecule has 0 aromatic heterocycles. The van der Waals surface area contributed by atoms with E-state index < -0.39 is 0 Å². The molecular formula is C12H23NO2S. The van der Waals surface area contributed by atoms with E-state index >= 15 is 0 Å². The fourth-order valence-corrected chi connectivity index (χ4v) is 2.96. The first-order chi connectivity index (χ1) is 7.75. The van der Waals surface area contributed by atoms with Crippen molar-refractivity contribution in [3.05, 3.63) is 0 Å². The van der Waals surface area contributed by atoms with Crippen molar-refractivity contribution in [2.24, 2.45) is 0 Å². The van der Waals surface area contributed by atoms with Gasteiger partial charge in [-0.25, -0.2) is 0 Å². The summed E-state index contributed by atoms with van der Waals surface area (Å²) >= 11 is 1.63.